The average Bonchev–Trinajstić information content (AvgIpc) is 3.16. The molecule has 0 saturated carbocycles. The Hall–Kier alpha value is -2.35. The van der Waals surface area contributed by atoms with Crippen molar-refractivity contribution in [2.75, 3.05) is 17.2 Å². The van der Waals surface area contributed by atoms with Crippen LogP contribution in [-0.4, -0.2) is 29.5 Å². The quantitative estimate of drug-likeness (QED) is 0.608. The highest BCUT2D eigenvalue weighted by Crippen LogP contribution is 2.16. The van der Waals surface area contributed by atoms with E-state index in [1.165, 1.54) is 0 Å². The maximum absolute atomic E-state index is 12.1. The predicted octanol–water partition coefficient (Wildman–Crippen LogP) is 2.94. The first-order valence-corrected chi connectivity index (χ1v) is 8.29. The maximum Gasteiger partial charge on any atom is 0.319 e. The first-order valence-electron chi connectivity index (χ1n) is 8.29. The van der Waals surface area contributed by atoms with E-state index < -0.39 is 0 Å². The number of rotatable bonds is 5. The molecule has 0 aliphatic carbocycles. The minimum atomic E-state index is -0.308. The summed E-state index contributed by atoms with van der Waals surface area (Å²) in [7, 11) is 0. The molecule has 0 bridgehead atoms. The summed E-state index contributed by atoms with van der Waals surface area (Å²) in [5, 5.41) is 11.6. The smallest absolute Gasteiger partial charge is 0.319 e. The highest BCUT2D eigenvalue weighted by molar-refractivity contribution is 5.96. The molecule has 1 aromatic heterocycles. The zero-order chi connectivity index (χ0) is 17.5. The van der Waals surface area contributed by atoms with Gasteiger partial charge in [-0.3, -0.25) is 9.78 Å². The van der Waals surface area contributed by atoms with Gasteiger partial charge in [0.05, 0.1) is 6.04 Å². The molecular weight excluding hydrogens is 389 g/mol. The van der Waals surface area contributed by atoms with Gasteiger partial charge in [0.15, 0.2) is 0 Å². The molecule has 3 amide bonds. The van der Waals surface area contributed by atoms with Gasteiger partial charge in [0, 0.05) is 30.3 Å². The van der Waals surface area contributed by atoms with Gasteiger partial charge in [0.25, 0.3) is 0 Å². The third-order valence-corrected chi connectivity index (χ3v) is 3.97. The van der Waals surface area contributed by atoms with E-state index >= 15 is 0 Å². The number of anilines is 2. The molecule has 146 valence electrons. The molecule has 1 fully saturated rings. The molecule has 4 N–H and O–H groups in total. The lowest BCUT2D eigenvalue weighted by Crippen LogP contribution is -2.35. The Morgan fingerprint density at radius 3 is 2.44 bits per heavy atom. The molecular formula is C18H23Cl2N5O2. The molecule has 1 aliphatic heterocycles. The summed E-state index contributed by atoms with van der Waals surface area (Å²) < 4.78 is 0. The summed E-state index contributed by atoms with van der Waals surface area (Å²) in [5.74, 6) is -0.0446. The zero-order valence-electron chi connectivity index (χ0n) is 14.6. The molecule has 2 heterocycles. The molecule has 27 heavy (non-hydrogen) atoms. The number of hydrogen-bond acceptors (Lipinski definition) is 4. The van der Waals surface area contributed by atoms with E-state index in [0.29, 0.717) is 17.9 Å². The molecule has 2 aromatic rings. The van der Waals surface area contributed by atoms with E-state index in [0.717, 1.165) is 24.9 Å². The van der Waals surface area contributed by atoms with Crippen LogP contribution in [0.2, 0.25) is 0 Å². The van der Waals surface area contributed by atoms with Gasteiger partial charge in [0.2, 0.25) is 5.91 Å². The van der Waals surface area contributed by atoms with Crippen LogP contribution in [0.4, 0.5) is 16.2 Å². The van der Waals surface area contributed by atoms with E-state index in [1.54, 1.807) is 36.7 Å². The third kappa shape index (κ3) is 7.05. The number of nitrogens with zero attached hydrogens (tertiary/aromatic N) is 1. The largest absolute Gasteiger partial charge is 0.334 e. The van der Waals surface area contributed by atoms with Crippen LogP contribution in [0.3, 0.4) is 0 Å². The van der Waals surface area contributed by atoms with E-state index in [1.807, 2.05) is 12.1 Å². The van der Waals surface area contributed by atoms with Crippen molar-refractivity contribution in [3.05, 3.63) is 54.4 Å². The number of hydrogen-bond donors (Lipinski definition) is 4. The molecule has 1 saturated heterocycles. The monoisotopic (exact) mass is 411 g/mol. The predicted molar refractivity (Wildman–Crippen MR) is 111 cm³/mol. The Bertz CT molecular complexity index is 740. The SMILES string of the molecule is Cl.Cl.O=C(NCc1ccncc1)Nc1cccc(NC(=O)C2CCCN2)c1. The van der Waals surface area contributed by atoms with Crippen LogP contribution in [0.15, 0.2) is 48.8 Å². The maximum atomic E-state index is 12.1. The number of nitrogens with one attached hydrogen (secondary N) is 4. The number of benzene rings is 1. The van der Waals surface area contributed by atoms with Crippen molar-refractivity contribution >= 4 is 48.1 Å². The Labute approximate surface area is 170 Å². The summed E-state index contributed by atoms with van der Waals surface area (Å²) in [6.45, 7) is 1.29. The van der Waals surface area contributed by atoms with Gasteiger partial charge in [-0.1, -0.05) is 6.07 Å². The van der Waals surface area contributed by atoms with Crippen molar-refractivity contribution in [1.29, 1.82) is 0 Å². The molecule has 3 rings (SSSR count). The van der Waals surface area contributed by atoms with Crippen LogP contribution in [0.25, 0.3) is 0 Å². The number of carbonyl (C=O) groups excluding carboxylic acids is 2. The first-order chi connectivity index (χ1) is 12.2. The Kier molecular flexibility index (Phi) is 9.56. The van der Waals surface area contributed by atoms with Gasteiger partial charge in [-0.25, -0.2) is 4.79 Å². The van der Waals surface area contributed by atoms with E-state index in [4.69, 9.17) is 0 Å². The van der Waals surface area contributed by atoms with Crippen LogP contribution < -0.4 is 21.3 Å². The van der Waals surface area contributed by atoms with E-state index in [2.05, 4.69) is 26.3 Å². The molecule has 1 atom stereocenters. The number of amides is 3. The Balaban J connectivity index is 0.00000182. The van der Waals surface area contributed by atoms with Crippen molar-refractivity contribution in [2.45, 2.75) is 25.4 Å². The fourth-order valence-electron chi connectivity index (χ4n) is 2.67. The fraction of sp³-hybridized carbons (Fsp3) is 0.278. The van der Waals surface area contributed by atoms with Crippen LogP contribution in [0.1, 0.15) is 18.4 Å². The second-order valence-electron chi connectivity index (χ2n) is 5.88. The molecule has 9 heteroatoms. The van der Waals surface area contributed by atoms with Gasteiger partial charge in [0.1, 0.15) is 0 Å². The Morgan fingerprint density at radius 1 is 1.07 bits per heavy atom. The molecule has 0 radical (unpaired) electrons. The van der Waals surface area contributed by atoms with Crippen LogP contribution >= 0.6 is 24.8 Å². The lowest BCUT2D eigenvalue weighted by molar-refractivity contribution is -0.117. The summed E-state index contributed by atoms with van der Waals surface area (Å²) in [6, 6.07) is 10.3. The summed E-state index contributed by atoms with van der Waals surface area (Å²) in [6.07, 6.45) is 5.22. The number of carbonyl (C=O) groups is 2. The van der Waals surface area contributed by atoms with Crippen molar-refractivity contribution in [3.63, 3.8) is 0 Å². The zero-order valence-corrected chi connectivity index (χ0v) is 16.2. The summed E-state index contributed by atoms with van der Waals surface area (Å²) >= 11 is 0. The third-order valence-electron chi connectivity index (χ3n) is 3.97. The lowest BCUT2D eigenvalue weighted by Gasteiger charge is -2.12. The summed E-state index contributed by atoms with van der Waals surface area (Å²) in [5.41, 5.74) is 2.24. The highest BCUT2D eigenvalue weighted by Gasteiger charge is 2.21. The number of halogens is 2. The number of pyridine rings is 1. The van der Waals surface area contributed by atoms with Crippen molar-refractivity contribution in [3.8, 4) is 0 Å². The van der Waals surface area contributed by atoms with Gasteiger partial charge < -0.3 is 21.3 Å². The first kappa shape index (κ1) is 22.7. The van der Waals surface area contributed by atoms with Crippen molar-refractivity contribution in [2.24, 2.45) is 0 Å². The van der Waals surface area contributed by atoms with Crippen LogP contribution in [-0.2, 0) is 11.3 Å². The normalized spacial score (nSPS) is 15.0. The van der Waals surface area contributed by atoms with Gasteiger partial charge in [-0.05, 0) is 55.3 Å². The lowest BCUT2D eigenvalue weighted by atomic mass is 10.2. The van der Waals surface area contributed by atoms with Crippen LogP contribution in [0.5, 0.6) is 0 Å². The van der Waals surface area contributed by atoms with E-state index in [-0.39, 0.29) is 42.8 Å². The molecule has 1 aliphatic rings. The minimum absolute atomic E-state index is 0. The molecule has 1 unspecified atom stereocenters. The Morgan fingerprint density at radius 2 is 1.78 bits per heavy atom. The molecule has 1 aromatic carbocycles. The highest BCUT2D eigenvalue weighted by atomic mass is 35.5. The second kappa shape index (κ2) is 11.4. The van der Waals surface area contributed by atoms with Gasteiger partial charge in [-0.15, -0.1) is 24.8 Å². The van der Waals surface area contributed by atoms with Crippen molar-refractivity contribution < 1.29 is 9.59 Å². The second-order valence-corrected chi connectivity index (χ2v) is 5.88. The van der Waals surface area contributed by atoms with Gasteiger partial charge >= 0.3 is 6.03 Å². The average molecular weight is 412 g/mol. The van der Waals surface area contributed by atoms with Crippen LogP contribution in [0, 0.1) is 0 Å². The topological polar surface area (TPSA) is 95.2 Å². The summed E-state index contributed by atoms with van der Waals surface area (Å²) in [4.78, 5) is 28.1. The standard InChI is InChI=1S/C18H21N5O2.2ClH/c24-17(16-5-2-8-20-16)22-14-3-1-4-15(11-14)23-18(25)21-12-13-6-9-19-10-7-13;;/h1,3-4,6-7,9-11,16,20H,2,5,8,12H2,(H,22,24)(H2,21,23,25);2*1H. The van der Waals surface area contributed by atoms with Crippen molar-refractivity contribution in [1.82, 2.24) is 15.6 Å². The van der Waals surface area contributed by atoms with E-state index in [9.17, 15) is 9.59 Å². The fourth-order valence-corrected chi connectivity index (χ4v) is 2.67. The number of aromatic nitrogens is 1. The number of urea groups is 1. The van der Waals surface area contributed by atoms with Gasteiger partial charge in [-0.2, -0.15) is 0 Å². The molecule has 7 nitrogen and oxygen atoms in total. The molecule has 0 spiro atoms. The minimum Gasteiger partial charge on any atom is -0.334 e.